The summed E-state index contributed by atoms with van der Waals surface area (Å²) in [5, 5.41) is 0. The summed E-state index contributed by atoms with van der Waals surface area (Å²) in [5.74, 6) is -3.12. The van der Waals surface area contributed by atoms with Gasteiger partial charge in [-0.15, -0.1) is 0 Å². The van der Waals surface area contributed by atoms with Crippen molar-refractivity contribution in [3.63, 3.8) is 0 Å². The van der Waals surface area contributed by atoms with Gasteiger partial charge in [-0.1, -0.05) is 20.8 Å². The third-order valence-electron chi connectivity index (χ3n) is 3.07. The lowest BCUT2D eigenvalue weighted by Crippen LogP contribution is -2.49. The van der Waals surface area contributed by atoms with Gasteiger partial charge in [-0.25, -0.2) is 13.2 Å². The normalized spacial score (nSPS) is 11.9. The Morgan fingerprint density at radius 1 is 0.739 bits per heavy atom. The number of halogens is 3. The van der Waals surface area contributed by atoms with Crippen molar-refractivity contribution < 1.29 is 26.4 Å². The zero-order valence-corrected chi connectivity index (χ0v) is 15.0. The average Bonchev–Trinajstić information content (AvgIpc) is 2.53. The van der Waals surface area contributed by atoms with Crippen LogP contribution in [0.4, 0.5) is 13.2 Å². The molecule has 0 spiro atoms. The van der Waals surface area contributed by atoms with Gasteiger partial charge in [-0.3, -0.25) is 0 Å². The molecule has 0 aliphatic heterocycles. The first-order valence-electron chi connectivity index (χ1n) is 8.03. The summed E-state index contributed by atoms with van der Waals surface area (Å²) in [6, 6.07) is 1.38. The lowest BCUT2D eigenvalue weighted by molar-refractivity contribution is 0.0580. The van der Waals surface area contributed by atoms with Gasteiger partial charge >= 0.3 is 8.80 Å². The number of hydrogen-bond acceptors (Lipinski definition) is 3. The van der Waals surface area contributed by atoms with Crippen molar-refractivity contribution in [3.05, 3.63) is 35.1 Å². The highest BCUT2D eigenvalue weighted by atomic mass is 28.4. The highest BCUT2D eigenvalue weighted by molar-refractivity contribution is 6.60. The predicted molar refractivity (Wildman–Crippen MR) is 84.5 cm³/mol. The Morgan fingerprint density at radius 2 is 1.17 bits per heavy atom. The minimum atomic E-state index is -3.20. The third kappa shape index (κ3) is 6.25. The summed E-state index contributed by atoms with van der Waals surface area (Å²) in [5.41, 5.74) is 0.0128. The fraction of sp³-hybridized carbons (Fsp3) is 0.625. The molecule has 0 N–H and O–H groups in total. The summed E-state index contributed by atoms with van der Waals surface area (Å²) in [6.07, 6.45) is 2.25. The highest BCUT2D eigenvalue weighted by Gasteiger charge is 2.42. The molecule has 0 unspecified atom stereocenters. The largest absolute Gasteiger partial charge is 0.505 e. The second-order valence-electron chi connectivity index (χ2n) is 5.26. The minimum absolute atomic E-state index is 0.0128. The van der Waals surface area contributed by atoms with Crippen molar-refractivity contribution in [2.75, 3.05) is 19.8 Å². The maximum atomic E-state index is 14.0. The van der Waals surface area contributed by atoms with Gasteiger partial charge < -0.3 is 13.3 Å². The van der Waals surface area contributed by atoms with Gasteiger partial charge in [0.2, 0.25) is 0 Å². The van der Waals surface area contributed by atoms with Crippen molar-refractivity contribution in [3.8, 4) is 0 Å². The molecule has 0 aliphatic rings. The van der Waals surface area contributed by atoms with E-state index in [1.54, 1.807) is 0 Å². The second kappa shape index (κ2) is 10.1. The summed E-state index contributed by atoms with van der Waals surface area (Å²) in [7, 11) is -3.20. The van der Waals surface area contributed by atoms with Gasteiger partial charge in [0.15, 0.2) is 11.6 Å². The topological polar surface area (TPSA) is 27.7 Å². The van der Waals surface area contributed by atoms with E-state index in [0.717, 1.165) is 25.3 Å². The van der Waals surface area contributed by atoms with Gasteiger partial charge in [0.1, 0.15) is 5.82 Å². The van der Waals surface area contributed by atoms with Crippen LogP contribution in [0.15, 0.2) is 12.1 Å². The molecule has 1 rings (SSSR count). The molecule has 23 heavy (non-hydrogen) atoms. The van der Waals surface area contributed by atoms with Gasteiger partial charge in [0.25, 0.3) is 0 Å². The van der Waals surface area contributed by atoms with Crippen LogP contribution in [0.2, 0.25) is 0 Å². The zero-order chi connectivity index (χ0) is 17.3. The molecule has 0 heterocycles. The average molecular weight is 350 g/mol. The van der Waals surface area contributed by atoms with E-state index < -0.39 is 26.3 Å². The smallest absolute Gasteiger partial charge is 0.373 e. The van der Waals surface area contributed by atoms with Crippen LogP contribution in [0.3, 0.4) is 0 Å². The molecule has 1 aromatic carbocycles. The fourth-order valence-corrected chi connectivity index (χ4v) is 4.82. The molecule has 1 aromatic rings. The van der Waals surface area contributed by atoms with Crippen LogP contribution in [0.1, 0.15) is 45.6 Å². The van der Waals surface area contributed by atoms with E-state index in [0.29, 0.717) is 25.9 Å². The molecule has 7 heteroatoms. The standard InChI is InChI=1S/C16H25F3O3Si/c1-4-7-20-23(21-8-5-2,22-9-6-3)12-13-10-15(18)16(19)11-14(13)17/h10-11H,4-9,12H2,1-3H3. The Kier molecular flexibility index (Phi) is 8.83. The van der Waals surface area contributed by atoms with E-state index in [-0.39, 0.29) is 11.6 Å². The van der Waals surface area contributed by atoms with E-state index in [1.807, 2.05) is 20.8 Å². The van der Waals surface area contributed by atoms with Crippen molar-refractivity contribution >= 4 is 8.80 Å². The molecule has 132 valence electrons. The van der Waals surface area contributed by atoms with Crippen molar-refractivity contribution in [1.82, 2.24) is 0 Å². The Morgan fingerprint density at radius 3 is 1.61 bits per heavy atom. The summed E-state index contributed by atoms with van der Waals surface area (Å²) < 4.78 is 58.0. The Balaban J connectivity index is 3.07. The first kappa shape index (κ1) is 20.2. The first-order valence-corrected chi connectivity index (χ1v) is 9.96. The molecule has 0 radical (unpaired) electrons. The van der Waals surface area contributed by atoms with Crippen LogP contribution >= 0.6 is 0 Å². The van der Waals surface area contributed by atoms with Crippen molar-refractivity contribution in [2.24, 2.45) is 0 Å². The predicted octanol–water partition coefficient (Wildman–Crippen LogP) is 4.40. The lowest BCUT2D eigenvalue weighted by atomic mass is 10.2. The SMILES string of the molecule is CCCO[Si](Cc1cc(F)c(F)cc1F)(OCCC)OCCC. The lowest BCUT2D eigenvalue weighted by Gasteiger charge is -2.29. The van der Waals surface area contributed by atoms with E-state index in [2.05, 4.69) is 0 Å². The Bertz CT molecular complexity index is 464. The molecule has 0 atom stereocenters. The van der Waals surface area contributed by atoms with Crippen LogP contribution in [0, 0.1) is 17.5 Å². The fourth-order valence-electron chi connectivity index (χ4n) is 1.98. The van der Waals surface area contributed by atoms with Gasteiger partial charge in [0.05, 0.1) is 0 Å². The van der Waals surface area contributed by atoms with Gasteiger partial charge in [0, 0.05) is 31.9 Å². The number of hydrogen-bond donors (Lipinski definition) is 0. The van der Waals surface area contributed by atoms with Crippen LogP contribution in [0.25, 0.3) is 0 Å². The molecular formula is C16H25F3O3Si. The van der Waals surface area contributed by atoms with Gasteiger partial charge in [-0.2, -0.15) is 0 Å². The molecule has 3 nitrogen and oxygen atoms in total. The monoisotopic (exact) mass is 350 g/mol. The van der Waals surface area contributed by atoms with Crippen molar-refractivity contribution in [2.45, 2.75) is 46.1 Å². The Hall–Kier alpha value is -0.893. The third-order valence-corrected chi connectivity index (χ3v) is 5.82. The zero-order valence-electron chi connectivity index (χ0n) is 14.0. The molecule has 0 saturated carbocycles. The Labute approximate surface area is 137 Å². The van der Waals surface area contributed by atoms with Crippen LogP contribution in [-0.4, -0.2) is 28.6 Å². The summed E-state index contributed by atoms with van der Waals surface area (Å²) in [6.45, 7) is 7.05. The van der Waals surface area contributed by atoms with E-state index in [1.165, 1.54) is 0 Å². The van der Waals surface area contributed by atoms with Crippen molar-refractivity contribution in [1.29, 1.82) is 0 Å². The molecule has 0 saturated heterocycles. The van der Waals surface area contributed by atoms with E-state index in [9.17, 15) is 13.2 Å². The molecule has 0 amide bonds. The maximum absolute atomic E-state index is 14.0. The number of benzene rings is 1. The maximum Gasteiger partial charge on any atom is 0.505 e. The number of rotatable bonds is 11. The molecular weight excluding hydrogens is 325 g/mol. The summed E-state index contributed by atoms with van der Waals surface area (Å²) >= 11 is 0. The first-order chi connectivity index (χ1) is 11.0. The van der Waals surface area contributed by atoms with Gasteiger partial charge in [-0.05, 0) is 30.9 Å². The highest BCUT2D eigenvalue weighted by Crippen LogP contribution is 2.22. The second-order valence-corrected chi connectivity index (χ2v) is 7.85. The van der Waals surface area contributed by atoms with Crippen LogP contribution in [0.5, 0.6) is 0 Å². The molecule has 0 aromatic heterocycles. The molecule has 0 aliphatic carbocycles. The van der Waals surface area contributed by atoms with E-state index in [4.69, 9.17) is 13.3 Å². The van der Waals surface area contributed by atoms with Crippen LogP contribution < -0.4 is 0 Å². The molecule has 0 fully saturated rings. The van der Waals surface area contributed by atoms with Crippen LogP contribution in [-0.2, 0) is 19.3 Å². The van der Waals surface area contributed by atoms with E-state index >= 15 is 0 Å². The molecule has 0 bridgehead atoms. The minimum Gasteiger partial charge on any atom is -0.373 e. The quantitative estimate of drug-likeness (QED) is 0.437. The summed E-state index contributed by atoms with van der Waals surface area (Å²) in [4.78, 5) is 0.